The Bertz CT molecular complexity index is 817. The van der Waals surface area contributed by atoms with Gasteiger partial charge in [-0.15, -0.1) is 0 Å². The van der Waals surface area contributed by atoms with E-state index in [0.717, 1.165) is 5.52 Å². The molecule has 0 unspecified atom stereocenters. The average molecular weight is 349 g/mol. The third-order valence-electron chi connectivity index (χ3n) is 3.04. The largest absolute Gasteiger partial charge is 0.495 e. The minimum atomic E-state index is -0.168. The summed E-state index contributed by atoms with van der Waals surface area (Å²) < 4.78 is 10.6. The van der Waals surface area contributed by atoms with Crippen LogP contribution in [0.5, 0.6) is 5.75 Å². The standard InChI is InChI=1S/C16H13ClN2O3S/c1-21-13-7-6-10(8-11(13)17)18-15(20)9-23-16-19-12-4-2-3-5-14(12)22-16/h2-8H,9H2,1H3,(H,18,20). The van der Waals surface area contributed by atoms with Crippen molar-refractivity contribution in [2.24, 2.45) is 0 Å². The van der Waals surface area contributed by atoms with Crippen LogP contribution < -0.4 is 10.1 Å². The summed E-state index contributed by atoms with van der Waals surface area (Å²) in [6.45, 7) is 0. The molecule has 0 aliphatic heterocycles. The lowest BCUT2D eigenvalue weighted by molar-refractivity contribution is -0.113. The van der Waals surface area contributed by atoms with Crippen LogP contribution >= 0.6 is 23.4 Å². The zero-order valence-corrected chi connectivity index (χ0v) is 13.8. The molecule has 3 rings (SSSR count). The normalized spacial score (nSPS) is 10.7. The molecule has 0 aliphatic rings. The van der Waals surface area contributed by atoms with Crippen LogP contribution in [-0.2, 0) is 4.79 Å². The number of anilines is 1. The fourth-order valence-corrected chi connectivity index (χ4v) is 2.88. The molecule has 5 nitrogen and oxygen atoms in total. The highest BCUT2D eigenvalue weighted by Crippen LogP contribution is 2.27. The van der Waals surface area contributed by atoms with Crippen molar-refractivity contribution >= 4 is 46.1 Å². The lowest BCUT2D eigenvalue weighted by Gasteiger charge is -2.07. The number of hydrogen-bond donors (Lipinski definition) is 1. The van der Waals surface area contributed by atoms with E-state index in [1.54, 1.807) is 18.2 Å². The van der Waals surface area contributed by atoms with E-state index in [9.17, 15) is 4.79 Å². The number of nitrogens with zero attached hydrogens (tertiary/aromatic N) is 1. The molecular weight excluding hydrogens is 336 g/mol. The van der Waals surface area contributed by atoms with Gasteiger partial charge in [0.05, 0.1) is 17.9 Å². The van der Waals surface area contributed by atoms with Gasteiger partial charge >= 0.3 is 0 Å². The van der Waals surface area contributed by atoms with Gasteiger partial charge in [-0.05, 0) is 30.3 Å². The minimum absolute atomic E-state index is 0.168. The van der Waals surface area contributed by atoms with Gasteiger partial charge in [0.15, 0.2) is 5.58 Å². The van der Waals surface area contributed by atoms with Crippen molar-refractivity contribution in [1.82, 2.24) is 4.98 Å². The zero-order valence-electron chi connectivity index (χ0n) is 12.2. The quantitative estimate of drug-likeness (QED) is 0.699. The van der Waals surface area contributed by atoms with Crippen LogP contribution in [0.3, 0.4) is 0 Å². The molecule has 1 aromatic heterocycles. The van der Waals surface area contributed by atoms with Crippen molar-refractivity contribution in [2.45, 2.75) is 5.22 Å². The summed E-state index contributed by atoms with van der Waals surface area (Å²) in [7, 11) is 1.54. The number of para-hydroxylation sites is 2. The van der Waals surface area contributed by atoms with Crippen molar-refractivity contribution < 1.29 is 13.9 Å². The third-order valence-corrected chi connectivity index (χ3v) is 4.16. The van der Waals surface area contributed by atoms with Gasteiger partial charge in [0.2, 0.25) is 5.91 Å². The van der Waals surface area contributed by atoms with Gasteiger partial charge in [-0.1, -0.05) is 35.5 Å². The number of aromatic nitrogens is 1. The van der Waals surface area contributed by atoms with E-state index < -0.39 is 0 Å². The van der Waals surface area contributed by atoms with Crippen LogP contribution in [0, 0.1) is 0 Å². The van der Waals surface area contributed by atoms with Crippen molar-refractivity contribution in [3.05, 3.63) is 47.5 Å². The smallest absolute Gasteiger partial charge is 0.257 e. The molecule has 0 saturated carbocycles. The van der Waals surface area contributed by atoms with Crippen LogP contribution in [0.25, 0.3) is 11.1 Å². The number of thioether (sulfide) groups is 1. The SMILES string of the molecule is COc1ccc(NC(=O)CSc2nc3ccccc3o2)cc1Cl. The maximum Gasteiger partial charge on any atom is 0.257 e. The van der Waals surface area contributed by atoms with E-state index in [1.165, 1.54) is 18.9 Å². The maximum atomic E-state index is 12.0. The van der Waals surface area contributed by atoms with Crippen molar-refractivity contribution in [3.8, 4) is 5.75 Å². The first kappa shape index (κ1) is 15.7. The van der Waals surface area contributed by atoms with Gasteiger partial charge < -0.3 is 14.5 Å². The molecule has 0 atom stereocenters. The van der Waals surface area contributed by atoms with E-state index >= 15 is 0 Å². The summed E-state index contributed by atoms with van der Waals surface area (Å²) in [5.74, 6) is 0.584. The fourth-order valence-electron chi connectivity index (χ4n) is 1.98. The van der Waals surface area contributed by atoms with Crippen molar-refractivity contribution in [3.63, 3.8) is 0 Å². The Labute approximate surface area is 142 Å². The molecule has 7 heteroatoms. The molecule has 1 amide bonds. The molecule has 0 bridgehead atoms. The molecule has 2 aromatic carbocycles. The highest BCUT2D eigenvalue weighted by molar-refractivity contribution is 7.99. The molecular formula is C16H13ClN2O3S. The highest BCUT2D eigenvalue weighted by Gasteiger charge is 2.10. The number of benzene rings is 2. The Balaban J connectivity index is 1.60. The first-order chi connectivity index (χ1) is 11.2. The van der Waals surface area contributed by atoms with Crippen LogP contribution in [0.15, 0.2) is 52.1 Å². The minimum Gasteiger partial charge on any atom is -0.495 e. The summed E-state index contributed by atoms with van der Waals surface area (Å²) in [4.78, 5) is 16.3. The molecule has 0 spiro atoms. The number of carbonyl (C=O) groups is 1. The second-order valence-electron chi connectivity index (χ2n) is 4.63. The van der Waals surface area contributed by atoms with E-state index in [-0.39, 0.29) is 11.7 Å². The summed E-state index contributed by atoms with van der Waals surface area (Å²) in [6.07, 6.45) is 0. The van der Waals surface area contributed by atoms with Gasteiger partial charge in [0, 0.05) is 5.69 Å². The van der Waals surface area contributed by atoms with Gasteiger partial charge in [-0.3, -0.25) is 4.79 Å². The molecule has 0 radical (unpaired) electrons. The second-order valence-corrected chi connectivity index (χ2v) is 5.97. The second kappa shape index (κ2) is 6.93. The Hall–Kier alpha value is -2.18. The first-order valence-electron chi connectivity index (χ1n) is 6.77. The molecule has 1 N–H and O–H groups in total. The van der Waals surface area contributed by atoms with E-state index in [4.69, 9.17) is 20.8 Å². The number of fused-ring (bicyclic) bond motifs is 1. The fraction of sp³-hybridized carbons (Fsp3) is 0.125. The number of nitrogens with one attached hydrogen (secondary N) is 1. The van der Waals surface area contributed by atoms with Gasteiger partial charge in [-0.25, -0.2) is 4.98 Å². The van der Waals surface area contributed by atoms with Crippen molar-refractivity contribution in [2.75, 3.05) is 18.2 Å². The highest BCUT2D eigenvalue weighted by atomic mass is 35.5. The topological polar surface area (TPSA) is 64.4 Å². The molecule has 23 heavy (non-hydrogen) atoms. The number of carbonyl (C=O) groups excluding carboxylic acids is 1. The van der Waals surface area contributed by atoms with Crippen LogP contribution in [-0.4, -0.2) is 23.8 Å². The van der Waals surface area contributed by atoms with Gasteiger partial charge in [-0.2, -0.15) is 0 Å². The molecule has 0 aliphatic carbocycles. The predicted octanol–water partition coefficient (Wildman–Crippen LogP) is 4.22. The number of hydrogen-bond acceptors (Lipinski definition) is 5. The monoisotopic (exact) mass is 348 g/mol. The number of methoxy groups -OCH3 is 1. The summed E-state index contributed by atoms with van der Waals surface area (Å²) >= 11 is 7.26. The van der Waals surface area contributed by atoms with Crippen LogP contribution in [0.4, 0.5) is 5.69 Å². The Morgan fingerprint density at radius 1 is 1.35 bits per heavy atom. The first-order valence-corrected chi connectivity index (χ1v) is 8.14. The van der Waals surface area contributed by atoms with Gasteiger partial charge in [0.1, 0.15) is 11.3 Å². The summed E-state index contributed by atoms with van der Waals surface area (Å²) in [6, 6.07) is 12.5. The molecule has 1 heterocycles. The van der Waals surface area contributed by atoms with Crippen molar-refractivity contribution in [1.29, 1.82) is 0 Å². The lowest BCUT2D eigenvalue weighted by atomic mass is 10.3. The third kappa shape index (κ3) is 3.78. The van der Waals surface area contributed by atoms with E-state index in [2.05, 4.69) is 10.3 Å². The van der Waals surface area contributed by atoms with Gasteiger partial charge in [0.25, 0.3) is 5.22 Å². The number of ether oxygens (including phenoxy) is 1. The van der Waals surface area contributed by atoms with Crippen LogP contribution in [0.2, 0.25) is 5.02 Å². The predicted molar refractivity (Wildman–Crippen MR) is 91.4 cm³/mol. The summed E-state index contributed by atoms with van der Waals surface area (Å²) in [5, 5.41) is 3.68. The molecule has 3 aromatic rings. The van der Waals surface area contributed by atoms with E-state index in [0.29, 0.717) is 27.3 Å². The number of halogens is 1. The maximum absolute atomic E-state index is 12.0. The Morgan fingerprint density at radius 2 is 2.17 bits per heavy atom. The Kier molecular flexibility index (Phi) is 4.73. The summed E-state index contributed by atoms with van der Waals surface area (Å²) in [5.41, 5.74) is 2.09. The average Bonchev–Trinajstić information content (AvgIpc) is 2.96. The molecule has 0 fully saturated rings. The number of rotatable bonds is 5. The molecule has 0 saturated heterocycles. The zero-order chi connectivity index (χ0) is 16.2. The Morgan fingerprint density at radius 3 is 2.91 bits per heavy atom. The lowest BCUT2D eigenvalue weighted by Crippen LogP contribution is -2.13. The number of amides is 1. The van der Waals surface area contributed by atoms with E-state index in [1.807, 2.05) is 24.3 Å². The van der Waals surface area contributed by atoms with Crippen LogP contribution in [0.1, 0.15) is 0 Å². The molecule has 118 valence electrons. The number of oxazole rings is 1.